The van der Waals surface area contributed by atoms with E-state index in [1.165, 1.54) is 5.56 Å². The van der Waals surface area contributed by atoms with Crippen molar-refractivity contribution in [3.05, 3.63) is 81.5 Å². The number of benzene rings is 2. The van der Waals surface area contributed by atoms with Crippen LogP contribution in [0.25, 0.3) is 0 Å². The summed E-state index contributed by atoms with van der Waals surface area (Å²) >= 11 is 6.37. The highest BCUT2D eigenvalue weighted by Gasteiger charge is 2.38. The van der Waals surface area contributed by atoms with Gasteiger partial charge < -0.3 is 5.32 Å². The predicted octanol–water partition coefficient (Wildman–Crippen LogP) is 4.91. The standard InChI is InChI=1S/C23H22ClNO2/c1-2-14-7-9-15(10-8-14)16-11-20-23(21(26)12-16)18(13-22(27)25-20)17-5-3-4-6-19(17)24/h3-10,16,18H,2,11-13H2,1H3,(H,25,27). The molecule has 2 aromatic carbocycles. The molecule has 0 radical (unpaired) electrons. The highest BCUT2D eigenvalue weighted by Crippen LogP contribution is 2.43. The second-order valence-corrected chi connectivity index (χ2v) is 7.75. The first-order valence-corrected chi connectivity index (χ1v) is 9.84. The number of halogens is 1. The summed E-state index contributed by atoms with van der Waals surface area (Å²) in [5, 5.41) is 3.57. The average molecular weight is 380 g/mol. The zero-order valence-electron chi connectivity index (χ0n) is 15.3. The van der Waals surface area contributed by atoms with Crippen molar-refractivity contribution in [1.82, 2.24) is 5.32 Å². The van der Waals surface area contributed by atoms with Crippen LogP contribution in [0, 0.1) is 0 Å². The molecule has 2 aromatic rings. The summed E-state index contributed by atoms with van der Waals surface area (Å²) in [6, 6.07) is 16.0. The average Bonchev–Trinajstić information content (AvgIpc) is 2.67. The third-order valence-corrected chi connectivity index (χ3v) is 6.02. The Morgan fingerprint density at radius 3 is 2.44 bits per heavy atom. The van der Waals surface area contributed by atoms with E-state index in [1.807, 2.05) is 24.3 Å². The summed E-state index contributed by atoms with van der Waals surface area (Å²) in [7, 11) is 0. The van der Waals surface area contributed by atoms with Crippen molar-refractivity contribution in [3.63, 3.8) is 0 Å². The van der Waals surface area contributed by atoms with Gasteiger partial charge in [-0.25, -0.2) is 0 Å². The fourth-order valence-corrected chi connectivity index (χ4v) is 4.51. The Bertz CT molecular complexity index is 930. The molecular weight excluding hydrogens is 358 g/mol. The molecule has 1 N–H and O–H groups in total. The van der Waals surface area contributed by atoms with Gasteiger partial charge >= 0.3 is 0 Å². The van der Waals surface area contributed by atoms with E-state index in [1.54, 1.807) is 0 Å². The number of allylic oxidation sites excluding steroid dienone is 2. The van der Waals surface area contributed by atoms with Crippen LogP contribution >= 0.6 is 11.6 Å². The summed E-state index contributed by atoms with van der Waals surface area (Å²) in [6.45, 7) is 2.13. The Morgan fingerprint density at radius 2 is 1.74 bits per heavy atom. The number of carbonyl (C=O) groups excluding carboxylic acids is 2. The van der Waals surface area contributed by atoms with E-state index >= 15 is 0 Å². The quantitative estimate of drug-likeness (QED) is 0.823. The van der Waals surface area contributed by atoms with E-state index < -0.39 is 0 Å². The van der Waals surface area contributed by atoms with Crippen LogP contribution in [-0.2, 0) is 16.0 Å². The Hall–Kier alpha value is -2.39. The molecule has 2 atom stereocenters. The fraction of sp³-hybridized carbons (Fsp3) is 0.304. The van der Waals surface area contributed by atoms with Crippen LogP contribution in [0.15, 0.2) is 59.8 Å². The van der Waals surface area contributed by atoms with Crippen LogP contribution in [0.1, 0.15) is 54.7 Å². The second kappa shape index (κ2) is 7.32. The molecule has 27 heavy (non-hydrogen) atoms. The van der Waals surface area contributed by atoms with Gasteiger partial charge in [0.1, 0.15) is 0 Å². The SMILES string of the molecule is CCc1ccc(C2CC(=O)C3=C(C2)NC(=O)CC3c2ccccc2Cl)cc1. The first-order valence-electron chi connectivity index (χ1n) is 9.46. The van der Waals surface area contributed by atoms with Gasteiger partial charge in [0.15, 0.2) is 5.78 Å². The van der Waals surface area contributed by atoms with Crippen LogP contribution in [-0.4, -0.2) is 11.7 Å². The zero-order valence-corrected chi connectivity index (χ0v) is 16.1. The molecule has 0 aromatic heterocycles. The van der Waals surface area contributed by atoms with Crippen molar-refractivity contribution >= 4 is 23.3 Å². The lowest BCUT2D eigenvalue weighted by Crippen LogP contribution is -2.38. The maximum Gasteiger partial charge on any atom is 0.225 e. The lowest BCUT2D eigenvalue weighted by atomic mass is 9.73. The van der Waals surface area contributed by atoms with E-state index in [-0.39, 0.29) is 29.9 Å². The van der Waals surface area contributed by atoms with Crippen LogP contribution in [0.2, 0.25) is 5.02 Å². The Kier molecular flexibility index (Phi) is 4.88. The molecule has 1 aliphatic carbocycles. The van der Waals surface area contributed by atoms with Crippen LogP contribution in [0.5, 0.6) is 0 Å². The van der Waals surface area contributed by atoms with Crippen LogP contribution < -0.4 is 5.32 Å². The Labute approximate surface area is 164 Å². The number of aryl methyl sites for hydroxylation is 1. The maximum absolute atomic E-state index is 13.1. The van der Waals surface area contributed by atoms with E-state index in [0.717, 1.165) is 28.8 Å². The monoisotopic (exact) mass is 379 g/mol. The summed E-state index contributed by atoms with van der Waals surface area (Å²) in [6.07, 6.45) is 2.42. The number of nitrogens with one attached hydrogen (secondary N) is 1. The lowest BCUT2D eigenvalue weighted by molar-refractivity contribution is -0.122. The van der Waals surface area contributed by atoms with E-state index in [9.17, 15) is 9.59 Å². The number of amides is 1. The molecule has 0 spiro atoms. The third-order valence-electron chi connectivity index (χ3n) is 5.68. The van der Waals surface area contributed by atoms with Gasteiger partial charge in [-0.3, -0.25) is 9.59 Å². The van der Waals surface area contributed by atoms with E-state index in [2.05, 4.69) is 36.5 Å². The highest BCUT2D eigenvalue weighted by molar-refractivity contribution is 6.31. The molecule has 4 rings (SSSR count). The smallest absolute Gasteiger partial charge is 0.225 e. The lowest BCUT2D eigenvalue weighted by Gasteiger charge is -2.34. The first kappa shape index (κ1) is 18.0. The molecule has 2 aliphatic rings. The van der Waals surface area contributed by atoms with Gasteiger partial charge in [-0.1, -0.05) is 61.0 Å². The summed E-state index contributed by atoms with van der Waals surface area (Å²) in [5.41, 5.74) is 4.81. The summed E-state index contributed by atoms with van der Waals surface area (Å²) < 4.78 is 0. The minimum atomic E-state index is -0.252. The number of Topliss-reactive ketones (excluding diaryl/α,β-unsaturated/α-hetero) is 1. The van der Waals surface area contributed by atoms with Gasteiger partial charge in [0, 0.05) is 35.1 Å². The van der Waals surface area contributed by atoms with Crippen molar-refractivity contribution in [2.75, 3.05) is 0 Å². The number of carbonyl (C=O) groups is 2. The molecule has 4 heteroatoms. The van der Waals surface area contributed by atoms with Crippen LogP contribution in [0.4, 0.5) is 0 Å². The van der Waals surface area contributed by atoms with E-state index in [0.29, 0.717) is 17.9 Å². The zero-order chi connectivity index (χ0) is 19.0. The van der Waals surface area contributed by atoms with Gasteiger partial charge in [0.2, 0.25) is 5.91 Å². The number of hydrogen-bond acceptors (Lipinski definition) is 2. The predicted molar refractivity (Wildman–Crippen MR) is 107 cm³/mol. The molecule has 138 valence electrons. The summed E-state index contributed by atoms with van der Waals surface area (Å²) in [4.78, 5) is 25.4. The number of rotatable bonds is 3. The molecule has 0 bridgehead atoms. The highest BCUT2D eigenvalue weighted by atomic mass is 35.5. The fourth-order valence-electron chi connectivity index (χ4n) is 4.24. The van der Waals surface area contributed by atoms with Gasteiger partial charge in [0.05, 0.1) is 0 Å². The first-order chi connectivity index (χ1) is 13.1. The van der Waals surface area contributed by atoms with Crippen LogP contribution in [0.3, 0.4) is 0 Å². The molecule has 2 unspecified atom stereocenters. The molecule has 1 aliphatic heterocycles. The van der Waals surface area contributed by atoms with Gasteiger partial charge in [-0.05, 0) is 41.5 Å². The third kappa shape index (κ3) is 3.44. The van der Waals surface area contributed by atoms with Crippen molar-refractivity contribution < 1.29 is 9.59 Å². The largest absolute Gasteiger partial charge is 0.329 e. The molecule has 1 amide bonds. The molecule has 0 fully saturated rings. The minimum Gasteiger partial charge on any atom is -0.329 e. The van der Waals surface area contributed by atoms with E-state index in [4.69, 9.17) is 11.6 Å². The minimum absolute atomic E-state index is 0.0477. The van der Waals surface area contributed by atoms with Gasteiger partial charge in [0.25, 0.3) is 0 Å². The summed E-state index contributed by atoms with van der Waals surface area (Å²) in [5.74, 6) is -0.0787. The Balaban J connectivity index is 1.70. The normalized spacial score (nSPS) is 22.4. The van der Waals surface area contributed by atoms with Crippen molar-refractivity contribution in [3.8, 4) is 0 Å². The molecule has 0 saturated heterocycles. The second-order valence-electron chi connectivity index (χ2n) is 7.34. The van der Waals surface area contributed by atoms with Gasteiger partial charge in [-0.15, -0.1) is 0 Å². The number of hydrogen-bond donors (Lipinski definition) is 1. The molecule has 0 saturated carbocycles. The van der Waals surface area contributed by atoms with Crippen molar-refractivity contribution in [1.29, 1.82) is 0 Å². The van der Waals surface area contributed by atoms with Crippen molar-refractivity contribution in [2.45, 2.75) is 44.4 Å². The van der Waals surface area contributed by atoms with Crippen molar-refractivity contribution in [2.24, 2.45) is 0 Å². The molecule has 3 nitrogen and oxygen atoms in total. The topological polar surface area (TPSA) is 46.2 Å². The number of ketones is 1. The maximum atomic E-state index is 13.1. The molecular formula is C23H22ClNO2. The molecule has 1 heterocycles. The van der Waals surface area contributed by atoms with Gasteiger partial charge in [-0.2, -0.15) is 0 Å². The Morgan fingerprint density at radius 1 is 1.00 bits per heavy atom.